The summed E-state index contributed by atoms with van der Waals surface area (Å²) in [5, 5.41) is 12.9. The quantitative estimate of drug-likeness (QED) is 0.761. The molecule has 1 heterocycles. The Hall–Kier alpha value is -2.05. The van der Waals surface area contributed by atoms with Gasteiger partial charge in [-0.3, -0.25) is 4.79 Å². The van der Waals surface area contributed by atoms with Crippen LogP contribution in [0.1, 0.15) is 28.9 Å². The molecule has 110 valence electrons. The van der Waals surface area contributed by atoms with E-state index in [1.165, 1.54) is 24.3 Å². The van der Waals surface area contributed by atoms with Gasteiger partial charge in [0, 0.05) is 6.20 Å². The molecule has 21 heavy (non-hydrogen) atoms. The molecule has 3 N–H and O–H groups in total. The summed E-state index contributed by atoms with van der Waals surface area (Å²) < 4.78 is 13.2. The third-order valence-corrected chi connectivity index (χ3v) is 3.44. The van der Waals surface area contributed by atoms with Gasteiger partial charge in [0.05, 0.1) is 17.7 Å². The van der Waals surface area contributed by atoms with E-state index in [-0.39, 0.29) is 11.7 Å². The molecule has 0 unspecified atom stereocenters. The molecule has 0 saturated carbocycles. The van der Waals surface area contributed by atoms with Crippen LogP contribution in [-0.2, 0) is 0 Å². The number of aromatic nitrogens is 1. The normalized spacial score (nSPS) is 13.5. The number of rotatable bonds is 4. The lowest BCUT2D eigenvalue weighted by atomic mass is 10.0. The number of benzene rings is 1. The minimum Gasteiger partial charge on any atom is -0.386 e. The monoisotopic (exact) mass is 306 g/mol. The Labute approximate surface area is 126 Å². The zero-order valence-corrected chi connectivity index (χ0v) is 12.2. The van der Waals surface area contributed by atoms with Gasteiger partial charge >= 0.3 is 0 Å². The molecular weight excluding hydrogens is 291 g/mol. The Morgan fingerprint density at radius 3 is 2.62 bits per heavy atom. The molecule has 6 heteroatoms. The van der Waals surface area contributed by atoms with Crippen molar-refractivity contribution in [1.29, 1.82) is 0 Å². The molecule has 2 atom stereocenters. The first-order chi connectivity index (χ1) is 9.99. The van der Waals surface area contributed by atoms with Gasteiger partial charge in [0.1, 0.15) is 10.5 Å². The van der Waals surface area contributed by atoms with Crippen molar-refractivity contribution in [1.82, 2.24) is 10.3 Å². The fraction of sp³-hybridized carbons (Fsp3) is 0.200. The average molecular weight is 306 g/mol. The first kappa shape index (κ1) is 15.3. The first-order valence-corrected chi connectivity index (χ1v) is 6.82. The highest BCUT2D eigenvalue weighted by atomic mass is 32.1. The van der Waals surface area contributed by atoms with Crippen LogP contribution < -0.4 is 5.32 Å². The van der Waals surface area contributed by atoms with E-state index in [9.17, 15) is 14.3 Å². The van der Waals surface area contributed by atoms with Gasteiger partial charge in [-0.05, 0) is 36.8 Å². The van der Waals surface area contributed by atoms with Crippen molar-refractivity contribution in [3.8, 4) is 0 Å². The number of aliphatic hydroxyl groups is 1. The molecule has 0 aliphatic rings. The van der Waals surface area contributed by atoms with E-state index in [2.05, 4.69) is 10.3 Å². The second-order valence-corrected chi connectivity index (χ2v) is 5.08. The maximum Gasteiger partial charge on any atom is 0.254 e. The third-order valence-electron chi connectivity index (χ3n) is 3.11. The molecule has 2 aromatic rings. The Bertz CT molecular complexity index is 685. The molecule has 0 aliphatic heterocycles. The minimum absolute atomic E-state index is 0.332. The van der Waals surface area contributed by atoms with E-state index in [0.717, 1.165) is 0 Å². The van der Waals surface area contributed by atoms with Gasteiger partial charge in [-0.1, -0.05) is 24.4 Å². The Kier molecular flexibility index (Phi) is 4.82. The van der Waals surface area contributed by atoms with Crippen LogP contribution in [0.5, 0.6) is 0 Å². The maximum atomic E-state index is 12.9. The summed E-state index contributed by atoms with van der Waals surface area (Å²) >= 11 is 5.03. The summed E-state index contributed by atoms with van der Waals surface area (Å²) in [6.45, 7) is 1.67. The van der Waals surface area contributed by atoms with Gasteiger partial charge in [0.15, 0.2) is 0 Å². The second kappa shape index (κ2) is 6.60. The fourth-order valence-corrected chi connectivity index (χ4v) is 2.14. The summed E-state index contributed by atoms with van der Waals surface area (Å²) in [5.41, 5.74) is 0.869. The second-order valence-electron chi connectivity index (χ2n) is 4.67. The van der Waals surface area contributed by atoms with Crippen molar-refractivity contribution in [2.75, 3.05) is 0 Å². The van der Waals surface area contributed by atoms with Crippen LogP contribution in [0, 0.1) is 10.5 Å². The lowest BCUT2D eigenvalue weighted by molar-refractivity contribution is 0.0851. The van der Waals surface area contributed by atoms with Crippen LogP contribution in [0.25, 0.3) is 0 Å². The predicted octanol–water partition coefficient (Wildman–Crippen LogP) is 2.74. The molecule has 2 rings (SSSR count). The molecule has 1 amide bonds. The van der Waals surface area contributed by atoms with Gasteiger partial charge in [0.2, 0.25) is 0 Å². The lowest BCUT2D eigenvalue weighted by Crippen LogP contribution is -2.37. The predicted molar refractivity (Wildman–Crippen MR) is 79.9 cm³/mol. The lowest BCUT2D eigenvalue weighted by Gasteiger charge is -2.20. The highest BCUT2D eigenvalue weighted by Gasteiger charge is 2.19. The van der Waals surface area contributed by atoms with Gasteiger partial charge in [-0.2, -0.15) is 0 Å². The molecule has 0 radical (unpaired) electrons. The minimum atomic E-state index is -0.934. The zero-order chi connectivity index (χ0) is 15.4. The van der Waals surface area contributed by atoms with Crippen LogP contribution in [0.4, 0.5) is 4.39 Å². The Morgan fingerprint density at radius 2 is 2.00 bits per heavy atom. The van der Waals surface area contributed by atoms with E-state index in [4.69, 9.17) is 12.2 Å². The smallest absolute Gasteiger partial charge is 0.254 e. The third kappa shape index (κ3) is 3.74. The molecule has 0 spiro atoms. The highest BCUT2D eigenvalue weighted by molar-refractivity contribution is 7.71. The van der Waals surface area contributed by atoms with Crippen LogP contribution in [0.2, 0.25) is 0 Å². The maximum absolute atomic E-state index is 12.9. The van der Waals surface area contributed by atoms with E-state index in [0.29, 0.717) is 15.8 Å². The SMILES string of the molecule is C[C@@H](NC(=O)c1ccc[nH]c1=S)[C@H](O)c1ccc(F)cc1. The summed E-state index contributed by atoms with van der Waals surface area (Å²) in [6.07, 6.45) is 0.700. The van der Waals surface area contributed by atoms with Crippen molar-refractivity contribution in [3.63, 3.8) is 0 Å². The van der Waals surface area contributed by atoms with Gasteiger partial charge in [-0.15, -0.1) is 0 Å². The van der Waals surface area contributed by atoms with Crippen LogP contribution >= 0.6 is 12.2 Å². The van der Waals surface area contributed by atoms with Crippen molar-refractivity contribution in [3.05, 3.63) is 64.2 Å². The number of carbonyl (C=O) groups excluding carboxylic acids is 1. The number of amides is 1. The molecule has 0 aliphatic carbocycles. The van der Waals surface area contributed by atoms with Crippen LogP contribution in [0.3, 0.4) is 0 Å². The fourth-order valence-electron chi connectivity index (χ4n) is 1.91. The van der Waals surface area contributed by atoms with Crippen molar-refractivity contribution < 1.29 is 14.3 Å². The first-order valence-electron chi connectivity index (χ1n) is 6.41. The highest BCUT2D eigenvalue weighted by Crippen LogP contribution is 2.17. The van der Waals surface area contributed by atoms with E-state index in [1.807, 2.05) is 0 Å². The molecule has 1 aromatic heterocycles. The van der Waals surface area contributed by atoms with Crippen molar-refractivity contribution >= 4 is 18.1 Å². The standard InChI is InChI=1S/C15H15FN2O2S/c1-9(13(19)10-4-6-11(16)7-5-10)18-14(20)12-3-2-8-17-15(12)21/h2-9,13,19H,1H3,(H,17,21)(H,18,20)/t9-,13+/m1/s1. The largest absolute Gasteiger partial charge is 0.386 e. The van der Waals surface area contributed by atoms with Crippen LogP contribution in [0.15, 0.2) is 42.6 Å². The van der Waals surface area contributed by atoms with E-state index < -0.39 is 12.1 Å². The van der Waals surface area contributed by atoms with Crippen LogP contribution in [-0.4, -0.2) is 22.0 Å². The topological polar surface area (TPSA) is 65.1 Å². The number of carbonyl (C=O) groups is 1. The molecule has 4 nitrogen and oxygen atoms in total. The molecule has 0 fully saturated rings. The molecule has 0 bridgehead atoms. The molecule has 1 aromatic carbocycles. The number of aromatic amines is 1. The summed E-state index contributed by atoms with van der Waals surface area (Å²) in [5.74, 6) is -0.747. The molecule has 0 saturated heterocycles. The number of hydrogen-bond donors (Lipinski definition) is 3. The number of aliphatic hydroxyl groups excluding tert-OH is 1. The van der Waals surface area contributed by atoms with E-state index >= 15 is 0 Å². The van der Waals surface area contributed by atoms with Crippen molar-refractivity contribution in [2.45, 2.75) is 19.1 Å². The van der Waals surface area contributed by atoms with Crippen molar-refractivity contribution in [2.24, 2.45) is 0 Å². The summed E-state index contributed by atoms with van der Waals surface area (Å²) in [6, 6.07) is 8.23. The van der Waals surface area contributed by atoms with Gasteiger partial charge in [0.25, 0.3) is 5.91 Å². The van der Waals surface area contributed by atoms with Gasteiger partial charge in [-0.25, -0.2) is 4.39 Å². The van der Waals surface area contributed by atoms with E-state index in [1.54, 1.807) is 25.3 Å². The Morgan fingerprint density at radius 1 is 1.33 bits per heavy atom. The zero-order valence-electron chi connectivity index (χ0n) is 11.3. The number of pyridine rings is 1. The Balaban J connectivity index is 2.09. The summed E-state index contributed by atoms with van der Waals surface area (Å²) in [7, 11) is 0. The number of nitrogens with one attached hydrogen (secondary N) is 2. The molecular formula is C15H15FN2O2S. The van der Waals surface area contributed by atoms with Gasteiger partial charge < -0.3 is 15.4 Å². The average Bonchev–Trinajstić information content (AvgIpc) is 2.47. The number of halogens is 1. The number of H-pyrrole nitrogens is 1. The summed E-state index contributed by atoms with van der Waals surface area (Å²) in [4.78, 5) is 14.9. The number of hydrogen-bond acceptors (Lipinski definition) is 3.